The van der Waals surface area contributed by atoms with Crippen LogP contribution >= 0.6 is 15.9 Å². The van der Waals surface area contributed by atoms with Crippen LogP contribution in [0, 0.1) is 0 Å². The Morgan fingerprint density at radius 3 is 2.86 bits per heavy atom. The van der Waals surface area contributed by atoms with Gasteiger partial charge in [-0.2, -0.15) is 0 Å². The van der Waals surface area contributed by atoms with E-state index >= 15 is 0 Å². The maximum absolute atomic E-state index is 12.8. The fraction of sp³-hybridized carbons (Fsp3) is 0.571. The van der Waals surface area contributed by atoms with Crippen LogP contribution in [0.1, 0.15) is 44.7 Å². The van der Waals surface area contributed by atoms with E-state index in [-0.39, 0.29) is 12.2 Å². The van der Waals surface area contributed by atoms with Gasteiger partial charge in [-0.1, -0.05) is 28.1 Å². The van der Waals surface area contributed by atoms with Crippen LogP contribution in [0.5, 0.6) is 11.5 Å². The van der Waals surface area contributed by atoms with Gasteiger partial charge in [0.1, 0.15) is 11.7 Å². The van der Waals surface area contributed by atoms with E-state index in [1.54, 1.807) is 12.0 Å². The second-order valence-corrected chi connectivity index (χ2v) is 9.56. The number of rotatable bonds is 1. The van der Waals surface area contributed by atoms with Crippen molar-refractivity contribution in [2.75, 3.05) is 13.7 Å². The number of hydrogen-bond donors (Lipinski definition) is 1. The summed E-state index contributed by atoms with van der Waals surface area (Å²) in [7, 11) is 1.62. The molecule has 28 heavy (non-hydrogen) atoms. The molecule has 4 rings (SSSR count). The molecule has 1 aliphatic carbocycles. The molecule has 0 radical (unpaired) electrons. The van der Waals surface area contributed by atoms with Crippen LogP contribution in [0.25, 0.3) is 0 Å². The van der Waals surface area contributed by atoms with Gasteiger partial charge in [0.25, 0.3) is 0 Å². The van der Waals surface area contributed by atoms with E-state index in [2.05, 4.69) is 22.0 Å². The molecule has 152 valence electrons. The average molecular weight is 452 g/mol. The number of hydrogen-bond acceptors (Lipinski definition) is 5. The minimum absolute atomic E-state index is 0.192. The molecule has 1 aromatic rings. The molecule has 0 aromatic heterocycles. The smallest absolute Gasteiger partial charge is 0.410 e. The lowest BCUT2D eigenvalue weighted by atomic mass is 9.69. The first kappa shape index (κ1) is 19.6. The quantitative estimate of drug-likeness (QED) is 0.655. The predicted molar refractivity (Wildman–Crippen MR) is 108 cm³/mol. The maximum atomic E-state index is 12.8. The minimum atomic E-state index is -0.552. The van der Waals surface area contributed by atoms with Crippen molar-refractivity contribution in [2.45, 2.75) is 63.4 Å². The Morgan fingerprint density at radius 1 is 1.43 bits per heavy atom. The zero-order chi connectivity index (χ0) is 20.3. The predicted octanol–water partition coefficient (Wildman–Crippen LogP) is 3.92. The Labute approximate surface area is 173 Å². The number of aliphatic hydroxyl groups excluding tert-OH is 1. The van der Waals surface area contributed by atoms with Crippen LogP contribution in [-0.2, 0) is 16.7 Å². The SMILES string of the molecule is COc1cc(Br)c2c3c1OC1C[C@@H](O)C=CC31CCN(C(=O)OC(C)(C)C)C2. The van der Waals surface area contributed by atoms with Gasteiger partial charge in [-0.3, -0.25) is 0 Å². The second-order valence-electron chi connectivity index (χ2n) is 8.70. The van der Waals surface area contributed by atoms with Crippen molar-refractivity contribution < 1.29 is 24.1 Å². The Hall–Kier alpha value is -1.73. The van der Waals surface area contributed by atoms with Crippen LogP contribution in [0.3, 0.4) is 0 Å². The molecule has 1 aromatic carbocycles. The topological polar surface area (TPSA) is 68.2 Å². The monoisotopic (exact) mass is 451 g/mol. The Bertz CT molecular complexity index is 846. The molecule has 3 atom stereocenters. The number of ether oxygens (including phenoxy) is 3. The normalized spacial score (nSPS) is 28.1. The van der Waals surface area contributed by atoms with E-state index < -0.39 is 17.1 Å². The van der Waals surface area contributed by atoms with Gasteiger partial charge < -0.3 is 24.2 Å². The number of aliphatic hydroxyl groups is 1. The van der Waals surface area contributed by atoms with Gasteiger partial charge in [0.15, 0.2) is 11.5 Å². The lowest BCUT2D eigenvalue weighted by molar-refractivity contribution is 0.0211. The van der Waals surface area contributed by atoms with Crippen molar-refractivity contribution >= 4 is 22.0 Å². The highest BCUT2D eigenvalue weighted by molar-refractivity contribution is 9.10. The van der Waals surface area contributed by atoms with Gasteiger partial charge in [0.05, 0.1) is 25.2 Å². The number of halogens is 1. The fourth-order valence-electron chi connectivity index (χ4n) is 4.44. The Kier molecular flexibility index (Phi) is 4.66. The Morgan fingerprint density at radius 2 is 2.18 bits per heavy atom. The molecule has 0 saturated carbocycles. The van der Waals surface area contributed by atoms with Crippen molar-refractivity contribution in [3.8, 4) is 11.5 Å². The standard InChI is InChI=1S/C21H26BrNO5/c1-20(2,3)28-19(25)23-8-7-21-6-5-12(24)9-16(21)27-18-15(26-4)10-14(22)13(11-23)17(18)21/h5-6,10,12,16,24H,7-9,11H2,1-4H3/t12-,16?,21?/m0/s1. The molecule has 1 N–H and O–H groups in total. The number of nitrogens with zero attached hydrogens (tertiary/aromatic N) is 1. The number of benzene rings is 1. The molecule has 6 nitrogen and oxygen atoms in total. The number of carbonyl (C=O) groups is 1. The zero-order valence-electron chi connectivity index (χ0n) is 16.6. The third kappa shape index (κ3) is 3.08. The highest BCUT2D eigenvalue weighted by Crippen LogP contribution is 2.57. The van der Waals surface area contributed by atoms with Crippen LogP contribution in [-0.4, -0.2) is 47.6 Å². The van der Waals surface area contributed by atoms with E-state index in [9.17, 15) is 9.90 Å². The fourth-order valence-corrected chi connectivity index (χ4v) is 4.97. The third-order valence-corrected chi connectivity index (χ3v) is 6.39. The second kappa shape index (κ2) is 6.66. The highest BCUT2D eigenvalue weighted by atomic mass is 79.9. The summed E-state index contributed by atoms with van der Waals surface area (Å²) in [6.07, 6.45) is 4.06. The first-order valence-electron chi connectivity index (χ1n) is 9.56. The molecular formula is C21H26BrNO5. The number of carbonyl (C=O) groups excluding carboxylic acids is 1. The van der Waals surface area contributed by atoms with Gasteiger partial charge in [-0.15, -0.1) is 0 Å². The number of methoxy groups -OCH3 is 1. The van der Waals surface area contributed by atoms with Gasteiger partial charge in [-0.05, 0) is 38.8 Å². The van der Waals surface area contributed by atoms with Crippen LogP contribution < -0.4 is 9.47 Å². The molecule has 0 bridgehead atoms. The van der Waals surface area contributed by atoms with Gasteiger partial charge in [0, 0.05) is 23.0 Å². The summed E-state index contributed by atoms with van der Waals surface area (Å²) in [4.78, 5) is 14.6. The summed E-state index contributed by atoms with van der Waals surface area (Å²) in [6, 6.07) is 1.89. The van der Waals surface area contributed by atoms with Gasteiger partial charge in [0.2, 0.25) is 0 Å². The van der Waals surface area contributed by atoms with E-state index in [0.29, 0.717) is 31.7 Å². The van der Waals surface area contributed by atoms with E-state index in [1.165, 1.54) is 0 Å². The van der Waals surface area contributed by atoms with Crippen molar-refractivity contribution in [3.63, 3.8) is 0 Å². The summed E-state index contributed by atoms with van der Waals surface area (Å²) in [6.45, 7) is 6.58. The number of amides is 1. The lowest BCUT2D eigenvalue weighted by Crippen LogP contribution is -2.43. The summed E-state index contributed by atoms with van der Waals surface area (Å²) >= 11 is 3.67. The molecule has 2 aliphatic heterocycles. The van der Waals surface area contributed by atoms with Crippen LogP contribution in [0.4, 0.5) is 4.79 Å². The zero-order valence-corrected chi connectivity index (χ0v) is 18.2. The molecule has 0 fully saturated rings. The van der Waals surface area contributed by atoms with Crippen molar-refractivity contribution in [2.24, 2.45) is 0 Å². The molecule has 7 heteroatoms. The molecule has 1 amide bonds. The van der Waals surface area contributed by atoms with E-state index in [4.69, 9.17) is 14.2 Å². The van der Waals surface area contributed by atoms with E-state index in [0.717, 1.165) is 21.3 Å². The van der Waals surface area contributed by atoms with Crippen molar-refractivity contribution in [1.82, 2.24) is 4.90 Å². The first-order chi connectivity index (χ1) is 13.1. The van der Waals surface area contributed by atoms with Gasteiger partial charge >= 0.3 is 6.09 Å². The minimum Gasteiger partial charge on any atom is -0.493 e. The highest BCUT2D eigenvalue weighted by Gasteiger charge is 2.53. The lowest BCUT2D eigenvalue weighted by Gasteiger charge is -2.36. The molecule has 0 saturated heterocycles. The largest absolute Gasteiger partial charge is 0.493 e. The van der Waals surface area contributed by atoms with E-state index in [1.807, 2.05) is 32.9 Å². The average Bonchev–Trinajstić information content (AvgIpc) is 2.81. The summed E-state index contributed by atoms with van der Waals surface area (Å²) in [5.74, 6) is 1.38. The molecular weight excluding hydrogens is 426 g/mol. The summed E-state index contributed by atoms with van der Waals surface area (Å²) in [5, 5.41) is 10.2. The Balaban J connectivity index is 1.82. The van der Waals surface area contributed by atoms with Crippen molar-refractivity contribution in [3.05, 3.63) is 33.8 Å². The summed E-state index contributed by atoms with van der Waals surface area (Å²) in [5.41, 5.74) is 1.11. The molecule has 3 aliphatic rings. The van der Waals surface area contributed by atoms with Crippen molar-refractivity contribution in [1.29, 1.82) is 0 Å². The third-order valence-electron chi connectivity index (χ3n) is 5.69. The molecule has 2 heterocycles. The van der Waals surface area contributed by atoms with Crippen LogP contribution in [0.15, 0.2) is 22.7 Å². The molecule has 1 spiro atoms. The summed E-state index contributed by atoms with van der Waals surface area (Å²) < 4.78 is 18.4. The van der Waals surface area contributed by atoms with Crippen LogP contribution in [0.2, 0.25) is 0 Å². The first-order valence-corrected chi connectivity index (χ1v) is 10.4. The van der Waals surface area contributed by atoms with Gasteiger partial charge in [-0.25, -0.2) is 4.79 Å². The molecule has 2 unspecified atom stereocenters. The maximum Gasteiger partial charge on any atom is 0.410 e.